The van der Waals surface area contributed by atoms with Crippen molar-refractivity contribution in [3.63, 3.8) is 0 Å². The number of hydrogen-bond donors (Lipinski definition) is 1. The number of para-hydroxylation sites is 1. The van der Waals surface area contributed by atoms with Gasteiger partial charge in [-0.2, -0.15) is 0 Å². The van der Waals surface area contributed by atoms with Gasteiger partial charge in [-0.15, -0.1) is 0 Å². The molecule has 1 amide bonds. The Bertz CT molecular complexity index is 1180. The molecular weight excluding hydrogens is 386 g/mol. The summed E-state index contributed by atoms with van der Waals surface area (Å²) < 4.78 is 0. The lowest BCUT2D eigenvalue weighted by Crippen LogP contribution is -2.41. The van der Waals surface area contributed by atoms with Crippen molar-refractivity contribution in [1.82, 2.24) is 0 Å². The molecule has 1 aliphatic heterocycles. The van der Waals surface area contributed by atoms with E-state index in [9.17, 15) is 14.7 Å². The van der Waals surface area contributed by atoms with E-state index in [0.717, 1.165) is 27.8 Å². The summed E-state index contributed by atoms with van der Waals surface area (Å²) in [6.07, 6.45) is -0.281. The molecule has 31 heavy (non-hydrogen) atoms. The lowest BCUT2D eigenvalue weighted by Gasteiger charge is -2.23. The zero-order chi connectivity index (χ0) is 22.3. The molecule has 0 aromatic heterocycles. The number of carbonyl (C=O) groups is 2. The molecule has 1 atom stereocenters. The van der Waals surface area contributed by atoms with Gasteiger partial charge in [0.1, 0.15) is 0 Å². The molecule has 0 saturated heterocycles. The Morgan fingerprint density at radius 3 is 2.26 bits per heavy atom. The number of anilines is 1. The van der Waals surface area contributed by atoms with Crippen molar-refractivity contribution < 1.29 is 14.7 Å². The van der Waals surface area contributed by atoms with Gasteiger partial charge in [-0.1, -0.05) is 54.1 Å². The molecule has 0 saturated carbocycles. The summed E-state index contributed by atoms with van der Waals surface area (Å²) in [6, 6.07) is 19.0. The third-order valence-corrected chi connectivity index (χ3v) is 6.26. The molecule has 4 heteroatoms. The second kappa shape index (κ2) is 7.78. The number of nitrogens with zero attached hydrogens (tertiary/aromatic N) is 1. The number of rotatable bonds is 5. The second-order valence-electron chi connectivity index (χ2n) is 8.61. The molecule has 3 aromatic carbocycles. The minimum atomic E-state index is -1.87. The average molecular weight is 414 g/mol. The maximum absolute atomic E-state index is 13.5. The Hall–Kier alpha value is -3.24. The van der Waals surface area contributed by atoms with Crippen LogP contribution in [-0.4, -0.2) is 16.8 Å². The number of ketones is 1. The number of hydrogen-bond acceptors (Lipinski definition) is 3. The lowest BCUT2D eigenvalue weighted by molar-refractivity contribution is -0.136. The van der Waals surface area contributed by atoms with Crippen molar-refractivity contribution in [2.75, 3.05) is 4.90 Å². The predicted octanol–water partition coefficient (Wildman–Crippen LogP) is 4.93. The molecule has 3 aromatic rings. The van der Waals surface area contributed by atoms with Gasteiger partial charge in [-0.25, -0.2) is 0 Å². The summed E-state index contributed by atoms with van der Waals surface area (Å²) in [5, 5.41) is 11.5. The third kappa shape index (κ3) is 3.68. The Morgan fingerprint density at radius 1 is 0.903 bits per heavy atom. The Balaban J connectivity index is 1.69. The van der Waals surface area contributed by atoms with Gasteiger partial charge in [0, 0.05) is 11.1 Å². The molecule has 1 heterocycles. The monoisotopic (exact) mass is 413 g/mol. The first-order chi connectivity index (χ1) is 14.7. The maximum atomic E-state index is 13.5. The number of Topliss-reactive ketones (excluding diaryl/α,β-unsaturated/α-hetero) is 1. The number of aryl methyl sites for hydroxylation is 4. The van der Waals surface area contributed by atoms with Crippen LogP contribution in [0.25, 0.3) is 0 Å². The molecule has 1 aliphatic rings. The van der Waals surface area contributed by atoms with Crippen LogP contribution in [0.2, 0.25) is 0 Å². The van der Waals surface area contributed by atoms with Crippen LogP contribution in [0, 0.1) is 27.7 Å². The summed E-state index contributed by atoms with van der Waals surface area (Å²) in [5.41, 5.74) is 4.91. The fourth-order valence-corrected chi connectivity index (χ4v) is 4.30. The zero-order valence-corrected chi connectivity index (χ0v) is 18.4. The summed E-state index contributed by atoms with van der Waals surface area (Å²) in [6.45, 7) is 8.20. The van der Waals surface area contributed by atoms with Gasteiger partial charge in [0.25, 0.3) is 5.91 Å². The highest BCUT2D eigenvalue weighted by Crippen LogP contribution is 2.43. The molecule has 4 rings (SSSR count). The van der Waals surface area contributed by atoms with Gasteiger partial charge in [-0.05, 0) is 62.1 Å². The van der Waals surface area contributed by atoms with E-state index in [2.05, 4.69) is 0 Å². The van der Waals surface area contributed by atoms with E-state index >= 15 is 0 Å². The number of fused-ring (bicyclic) bond motifs is 1. The minimum Gasteiger partial charge on any atom is -0.375 e. The molecule has 0 spiro atoms. The number of aliphatic hydroxyl groups is 1. The molecule has 4 nitrogen and oxygen atoms in total. The van der Waals surface area contributed by atoms with Crippen molar-refractivity contribution in [2.24, 2.45) is 0 Å². The Morgan fingerprint density at radius 2 is 1.55 bits per heavy atom. The highest BCUT2D eigenvalue weighted by molar-refractivity contribution is 6.11. The molecule has 1 N–H and O–H groups in total. The SMILES string of the molecule is Cc1ccc(CN2C(=O)C(O)(CC(=O)c3cc(C)c(C)cc3C)c3ccccc32)cc1. The van der Waals surface area contributed by atoms with Crippen LogP contribution in [-0.2, 0) is 16.9 Å². The first-order valence-corrected chi connectivity index (χ1v) is 10.5. The van der Waals surface area contributed by atoms with E-state index in [1.807, 2.05) is 76.2 Å². The first-order valence-electron chi connectivity index (χ1n) is 10.5. The predicted molar refractivity (Wildman–Crippen MR) is 122 cm³/mol. The Labute approximate surface area is 183 Å². The van der Waals surface area contributed by atoms with Gasteiger partial charge >= 0.3 is 0 Å². The summed E-state index contributed by atoms with van der Waals surface area (Å²) in [7, 11) is 0. The smallest absolute Gasteiger partial charge is 0.264 e. The topological polar surface area (TPSA) is 57.6 Å². The number of benzene rings is 3. The standard InChI is InChI=1S/C27H27NO3/c1-17-9-11-21(12-10-17)16-28-24-8-6-5-7-23(24)27(31,26(28)30)15-25(29)22-14-19(3)18(2)13-20(22)4/h5-14,31H,15-16H2,1-4H3. The lowest BCUT2D eigenvalue weighted by atomic mass is 9.86. The van der Waals surface area contributed by atoms with E-state index in [0.29, 0.717) is 23.4 Å². The van der Waals surface area contributed by atoms with Gasteiger partial charge < -0.3 is 10.0 Å². The van der Waals surface area contributed by atoms with Crippen LogP contribution in [0.3, 0.4) is 0 Å². The van der Waals surface area contributed by atoms with Crippen molar-refractivity contribution in [3.8, 4) is 0 Å². The van der Waals surface area contributed by atoms with Crippen LogP contribution in [0.1, 0.15) is 50.2 Å². The van der Waals surface area contributed by atoms with E-state index in [-0.39, 0.29) is 12.2 Å². The quantitative estimate of drug-likeness (QED) is 0.604. The van der Waals surface area contributed by atoms with E-state index in [1.54, 1.807) is 17.0 Å². The molecule has 0 radical (unpaired) electrons. The fraction of sp³-hybridized carbons (Fsp3) is 0.259. The van der Waals surface area contributed by atoms with E-state index in [4.69, 9.17) is 0 Å². The molecular formula is C27H27NO3. The van der Waals surface area contributed by atoms with Crippen LogP contribution in [0.4, 0.5) is 5.69 Å². The van der Waals surface area contributed by atoms with E-state index in [1.165, 1.54) is 0 Å². The summed E-state index contributed by atoms with van der Waals surface area (Å²) in [4.78, 5) is 28.3. The minimum absolute atomic E-state index is 0.233. The maximum Gasteiger partial charge on any atom is 0.264 e. The molecule has 1 unspecified atom stereocenters. The third-order valence-electron chi connectivity index (χ3n) is 6.26. The van der Waals surface area contributed by atoms with Crippen LogP contribution in [0.5, 0.6) is 0 Å². The molecule has 0 aliphatic carbocycles. The van der Waals surface area contributed by atoms with Crippen LogP contribution >= 0.6 is 0 Å². The van der Waals surface area contributed by atoms with Crippen molar-refractivity contribution in [3.05, 3.63) is 99.6 Å². The van der Waals surface area contributed by atoms with Crippen molar-refractivity contribution in [2.45, 2.75) is 46.3 Å². The van der Waals surface area contributed by atoms with Crippen molar-refractivity contribution in [1.29, 1.82) is 0 Å². The summed E-state index contributed by atoms with van der Waals surface area (Å²) >= 11 is 0. The largest absolute Gasteiger partial charge is 0.375 e. The normalized spacial score (nSPS) is 17.7. The Kier molecular flexibility index (Phi) is 5.28. The van der Waals surface area contributed by atoms with Crippen LogP contribution in [0.15, 0.2) is 60.7 Å². The van der Waals surface area contributed by atoms with Gasteiger partial charge in [-0.3, -0.25) is 9.59 Å². The van der Waals surface area contributed by atoms with Gasteiger partial charge in [0.2, 0.25) is 0 Å². The molecule has 0 bridgehead atoms. The van der Waals surface area contributed by atoms with Gasteiger partial charge in [0.05, 0.1) is 18.7 Å². The van der Waals surface area contributed by atoms with Gasteiger partial charge in [0.15, 0.2) is 11.4 Å². The molecule has 158 valence electrons. The van der Waals surface area contributed by atoms with E-state index < -0.39 is 11.5 Å². The van der Waals surface area contributed by atoms with Crippen LogP contribution < -0.4 is 4.90 Å². The van der Waals surface area contributed by atoms with Crippen molar-refractivity contribution >= 4 is 17.4 Å². The molecule has 0 fully saturated rings. The fourth-order valence-electron chi connectivity index (χ4n) is 4.30. The number of carbonyl (C=O) groups excluding carboxylic acids is 2. The zero-order valence-electron chi connectivity index (χ0n) is 18.4. The highest BCUT2D eigenvalue weighted by Gasteiger charge is 2.50. The average Bonchev–Trinajstić information content (AvgIpc) is 2.94. The second-order valence-corrected chi connectivity index (χ2v) is 8.61. The number of amides is 1. The summed E-state index contributed by atoms with van der Waals surface area (Å²) in [5.74, 6) is -0.687. The highest BCUT2D eigenvalue weighted by atomic mass is 16.3. The first kappa shape index (κ1) is 21.0.